The molecule has 2 aromatic heterocycles. The normalized spacial score (nSPS) is 10.8. The molecule has 0 radical (unpaired) electrons. The summed E-state index contributed by atoms with van der Waals surface area (Å²) in [4.78, 5) is 0. The standard InChI is InChI=1S/C9H10ClN5S/c1-5-6(2)8(13-12-7(5)10)16-9-14-11-4-15(9)3/h4H,1-3H3. The molecule has 0 aliphatic carbocycles. The molecule has 16 heavy (non-hydrogen) atoms. The van der Waals surface area contributed by atoms with Crippen LogP contribution >= 0.6 is 23.4 Å². The van der Waals surface area contributed by atoms with Gasteiger partial charge in [-0.05, 0) is 36.7 Å². The molecule has 0 aliphatic rings. The van der Waals surface area contributed by atoms with Gasteiger partial charge in [0.05, 0.1) is 0 Å². The molecule has 2 rings (SSSR count). The van der Waals surface area contributed by atoms with Gasteiger partial charge in [0.25, 0.3) is 0 Å². The summed E-state index contributed by atoms with van der Waals surface area (Å²) < 4.78 is 1.83. The van der Waals surface area contributed by atoms with E-state index in [2.05, 4.69) is 20.4 Å². The van der Waals surface area contributed by atoms with Crippen LogP contribution < -0.4 is 0 Å². The van der Waals surface area contributed by atoms with Crippen LogP contribution in [0.5, 0.6) is 0 Å². The molecule has 0 aliphatic heterocycles. The van der Waals surface area contributed by atoms with Crippen molar-refractivity contribution in [1.82, 2.24) is 25.0 Å². The van der Waals surface area contributed by atoms with Gasteiger partial charge in [0.15, 0.2) is 10.3 Å². The van der Waals surface area contributed by atoms with E-state index in [4.69, 9.17) is 11.6 Å². The van der Waals surface area contributed by atoms with Gasteiger partial charge in [0.1, 0.15) is 11.4 Å². The first-order valence-corrected chi connectivity index (χ1v) is 5.80. The minimum atomic E-state index is 0.444. The quantitative estimate of drug-likeness (QED) is 0.822. The molecule has 0 amide bonds. The van der Waals surface area contributed by atoms with Crippen LogP contribution in [0.4, 0.5) is 0 Å². The molecule has 0 aromatic carbocycles. The lowest BCUT2D eigenvalue weighted by Crippen LogP contribution is -1.97. The van der Waals surface area contributed by atoms with E-state index in [1.54, 1.807) is 6.33 Å². The number of halogens is 1. The van der Waals surface area contributed by atoms with Crippen molar-refractivity contribution in [1.29, 1.82) is 0 Å². The van der Waals surface area contributed by atoms with Gasteiger partial charge in [-0.25, -0.2) is 0 Å². The molecule has 5 nitrogen and oxygen atoms in total. The van der Waals surface area contributed by atoms with Crippen molar-refractivity contribution in [3.63, 3.8) is 0 Å². The van der Waals surface area contributed by atoms with Crippen molar-refractivity contribution >= 4 is 23.4 Å². The van der Waals surface area contributed by atoms with E-state index in [9.17, 15) is 0 Å². The second-order valence-corrected chi connectivity index (χ2v) is 4.69. The van der Waals surface area contributed by atoms with E-state index in [1.807, 2.05) is 25.5 Å². The summed E-state index contributed by atoms with van der Waals surface area (Å²) >= 11 is 7.31. The molecule has 2 aromatic rings. The monoisotopic (exact) mass is 255 g/mol. The zero-order valence-corrected chi connectivity index (χ0v) is 10.7. The number of nitrogens with zero attached hydrogens (tertiary/aromatic N) is 5. The summed E-state index contributed by atoms with van der Waals surface area (Å²) in [6.07, 6.45) is 1.65. The van der Waals surface area contributed by atoms with Crippen molar-refractivity contribution in [3.05, 3.63) is 22.6 Å². The van der Waals surface area contributed by atoms with E-state index in [0.29, 0.717) is 5.15 Å². The first-order chi connectivity index (χ1) is 7.59. The van der Waals surface area contributed by atoms with E-state index in [0.717, 1.165) is 21.3 Å². The zero-order chi connectivity index (χ0) is 11.7. The molecule has 0 bridgehead atoms. The van der Waals surface area contributed by atoms with Crippen LogP contribution in [0, 0.1) is 13.8 Å². The molecule has 0 saturated carbocycles. The van der Waals surface area contributed by atoms with Crippen LogP contribution in [-0.4, -0.2) is 25.0 Å². The lowest BCUT2D eigenvalue weighted by atomic mass is 10.2. The third kappa shape index (κ3) is 2.03. The van der Waals surface area contributed by atoms with Crippen molar-refractivity contribution in [2.45, 2.75) is 24.0 Å². The molecule has 0 unspecified atom stereocenters. The maximum absolute atomic E-state index is 5.88. The van der Waals surface area contributed by atoms with Crippen LogP contribution in [0.25, 0.3) is 0 Å². The van der Waals surface area contributed by atoms with Crippen LogP contribution in [0.15, 0.2) is 16.5 Å². The van der Waals surface area contributed by atoms with Crippen molar-refractivity contribution < 1.29 is 0 Å². The third-order valence-electron chi connectivity index (χ3n) is 2.28. The van der Waals surface area contributed by atoms with Crippen LogP contribution in [0.2, 0.25) is 5.15 Å². The average molecular weight is 256 g/mol. The molecular weight excluding hydrogens is 246 g/mol. The first kappa shape index (κ1) is 11.3. The summed E-state index contributed by atoms with van der Waals surface area (Å²) in [6, 6.07) is 0. The fourth-order valence-corrected chi connectivity index (χ4v) is 2.12. The molecule has 84 valence electrons. The molecular formula is C9H10ClN5S. The van der Waals surface area contributed by atoms with E-state index in [-0.39, 0.29) is 0 Å². The van der Waals surface area contributed by atoms with E-state index < -0.39 is 0 Å². The summed E-state index contributed by atoms with van der Waals surface area (Å²) in [5.41, 5.74) is 1.97. The van der Waals surface area contributed by atoms with Crippen molar-refractivity contribution in [2.75, 3.05) is 0 Å². The molecule has 0 atom stereocenters. The highest BCUT2D eigenvalue weighted by molar-refractivity contribution is 7.99. The minimum Gasteiger partial charge on any atom is -0.311 e. The number of rotatable bonds is 2. The lowest BCUT2D eigenvalue weighted by molar-refractivity contribution is 0.783. The Hall–Kier alpha value is -1.14. The maximum Gasteiger partial charge on any atom is 0.197 e. The predicted octanol–water partition coefficient (Wildman–Crippen LogP) is 2.03. The van der Waals surface area contributed by atoms with Gasteiger partial charge in [0.2, 0.25) is 0 Å². The predicted molar refractivity (Wildman–Crippen MR) is 61.6 cm³/mol. The Morgan fingerprint density at radius 2 is 1.94 bits per heavy atom. The van der Waals surface area contributed by atoms with Crippen molar-refractivity contribution in [3.8, 4) is 0 Å². The third-order valence-corrected chi connectivity index (χ3v) is 3.77. The van der Waals surface area contributed by atoms with Crippen LogP contribution in [0.1, 0.15) is 11.1 Å². The second-order valence-electron chi connectivity index (χ2n) is 3.37. The maximum atomic E-state index is 5.88. The Labute approximate surface area is 102 Å². The fourth-order valence-electron chi connectivity index (χ4n) is 1.10. The topological polar surface area (TPSA) is 56.5 Å². The Morgan fingerprint density at radius 1 is 1.19 bits per heavy atom. The summed E-state index contributed by atoms with van der Waals surface area (Å²) in [5, 5.41) is 17.8. The van der Waals surface area contributed by atoms with Gasteiger partial charge < -0.3 is 4.57 Å². The zero-order valence-electron chi connectivity index (χ0n) is 9.10. The van der Waals surface area contributed by atoms with E-state index in [1.165, 1.54) is 11.8 Å². The number of aryl methyl sites for hydroxylation is 1. The fraction of sp³-hybridized carbons (Fsp3) is 0.333. The minimum absolute atomic E-state index is 0.444. The largest absolute Gasteiger partial charge is 0.311 e. The van der Waals surface area contributed by atoms with Gasteiger partial charge in [0, 0.05) is 7.05 Å². The average Bonchev–Trinajstić information content (AvgIpc) is 2.65. The number of hydrogen-bond acceptors (Lipinski definition) is 5. The van der Waals surface area contributed by atoms with Crippen LogP contribution in [-0.2, 0) is 7.05 Å². The SMILES string of the molecule is Cc1c(Cl)nnc(Sc2nncn2C)c1C. The highest BCUT2D eigenvalue weighted by Gasteiger charge is 2.12. The van der Waals surface area contributed by atoms with Crippen LogP contribution in [0.3, 0.4) is 0 Å². The molecule has 0 saturated heterocycles. The van der Waals surface area contributed by atoms with Gasteiger partial charge >= 0.3 is 0 Å². The molecule has 0 fully saturated rings. The highest BCUT2D eigenvalue weighted by atomic mass is 35.5. The van der Waals surface area contributed by atoms with Gasteiger partial charge in [-0.3, -0.25) is 0 Å². The Balaban J connectivity index is 2.36. The highest BCUT2D eigenvalue weighted by Crippen LogP contribution is 2.29. The Kier molecular flexibility index (Phi) is 3.11. The summed E-state index contributed by atoms with van der Waals surface area (Å²) in [6.45, 7) is 3.89. The molecule has 0 N–H and O–H groups in total. The number of aromatic nitrogens is 5. The van der Waals surface area contributed by atoms with Gasteiger partial charge in [-0.15, -0.1) is 20.4 Å². The van der Waals surface area contributed by atoms with Gasteiger partial charge in [-0.2, -0.15) is 0 Å². The molecule has 0 spiro atoms. The second kappa shape index (κ2) is 4.39. The Morgan fingerprint density at radius 3 is 2.56 bits per heavy atom. The summed E-state index contributed by atoms with van der Waals surface area (Å²) in [7, 11) is 1.88. The summed E-state index contributed by atoms with van der Waals surface area (Å²) in [5.74, 6) is 0. The number of hydrogen-bond donors (Lipinski definition) is 0. The van der Waals surface area contributed by atoms with E-state index >= 15 is 0 Å². The van der Waals surface area contributed by atoms with Crippen molar-refractivity contribution in [2.24, 2.45) is 7.05 Å². The smallest absolute Gasteiger partial charge is 0.197 e. The Bertz CT molecular complexity index is 525. The first-order valence-electron chi connectivity index (χ1n) is 4.61. The molecule has 2 heterocycles. The molecule has 7 heteroatoms. The lowest BCUT2D eigenvalue weighted by Gasteiger charge is -2.06. The van der Waals surface area contributed by atoms with Gasteiger partial charge in [-0.1, -0.05) is 11.6 Å².